The number of ether oxygens (including phenoxy) is 2. The first-order valence-electron chi connectivity index (χ1n) is 22.1. The summed E-state index contributed by atoms with van der Waals surface area (Å²) in [6.45, 7) is 22.6. The minimum atomic E-state index is -0.402. The summed E-state index contributed by atoms with van der Waals surface area (Å²) in [7, 11) is 0. The van der Waals surface area contributed by atoms with Crippen molar-refractivity contribution in [3.8, 4) is 0 Å². The monoisotopic (exact) mass is 876 g/mol. The van der Waals surface area contributed by atoms with Crippen LogP contribution in [0.4, 0.5) is 0 Å². The maximum atomic E-state index is 11.6. The third-order valence-electron chi connectivity index (χ3n) is 13.3. The second kappa shape index (κ2) is 23.5. The largest absolute Gasteiger partial charge is 2.00 e. The molecule has 59 heavy (non-hydrogen) atoms. The minimum Gasteiger partial charge on any atom is -0.392 e. The second-order valence-electron chi connectivity index (χ2n) is 19.6. The fourth-order valence-corrected chi connectivity index (χ4v) is 9.46. The van der Waals surface area contributed by atoms with Crippen LogP contribution < -0.4 is 0 Å². The SMILES string of the molecule is CC(C)(C)C1CC(COC2CCCCC2OCC2CC(C(C)(C)C)CC(c3ccccc3)C2O)C(O)C(c2ccccc2)C1.[CH2-]c1ccccc1.[CH2-]c1ccccc1.[Zr+2]. The molecular formula is C54H74O4Zr. The zero-order valence-corrected chi connectivity index (χ0v) is 39.5. The van der Waals surface area contributed by atoms with Gasteiger partial charge in [-0.3, -0.25) is 0 Å². The smallest absolute Gasteiger partial charge is 0.392 e. The van der Waals surface area contributed by atoms with Crippen LogP contribution in [-0.2, 0) is 35.7 Å². The molecule has 0 radical (unpaired) electrons. The number of hydrogen-bond acceptors (Lipinski definition) is 4. The van der Waals surface area contributed by atoms with Crippen molar-refractivity contribution < 1.29 is 45.9 Å². The second-order valence-corrected chi connectivity index (χ2v) is 19.6. The molecule has 10 atom stereocenters. The zero-order valence-electron chi connectivity index (χ0n) is 37.0. The van der Waals surface area contributed by atoms with Gasteiger partial charge in [0.15, 0.2) is 0 Å². The van der Waals surface area contributed by atoms with Crippen molar-refractivity contribution in [1.82, 2.24) is 0 Å². The van der Waals surface area contributed by atoms with E-state index in [-0.39, 0.29) is 72.9 Å². The fourth-order valence-electron chi connectivity index (χ4n) is 9.46. The molecular weight excluding hydrogens is 804 g/mol. The van der Waals surface area contributed by atoms with E-state index in [2.05, 4.69) is 116 Å². The molecule has 7 rings (SSSR count). The molecule has 0 saturated heterocycles. The summed E-state index contributed by atoms with van der Waals surface area (Å²) in [5.74, 6) is 1.57. The molecule has 0 amide bonds. The predicted molar refractivity (Wildman–Crippen MR) is 241 cm³/mol. The molecule has 3 saturated carbocycles. The van der Waals surface area contributed by atoms with Crippen LogP contribution in [0.2, 0.25) is 0 Å². The van der Waals surface area contributed by atoms with E-state index in [4.69, 9.17) is 9.47 Å². The van der Waals surface area contributed by atoms with E-state index in [9.17, 15) is 10.2 Å². The van der Waals surface area contributed by atoms with E-state index in [1.807, 2.05) is 60.7 Å². The van der Waals surface area contributed by atoms with Gasteiger partial charge >= 0.3 is 26.2 Å². The van der Waals surface area contributed by atoms with Crippen molar-refractivity contribution in [1.29, 1.82) is 0 Å². The fraction of sp³-hybridized carbons (Fsp3) is 0.519. The number of rotatable bonds is 8. The van der Waals surface area contributed by atoms with Gasteiger partial charge in [0.2, 0.25) is 0 Å². The minimum absolute atomic E-state index is 0. The third kappa shape index (κ3) is 15.0. The van der Waals surface area contributed by atoms with E-state index >= 15 is 0 Å². The van der Waals surface area contributed by atoms with Gasteiger partial charge in [-0.1, -0.05) is 127 Å². The summed E-state index contributed by atoms with van der Waals surface area (Å²) in [4.78, 5) is 0. The molecule has 0 heterocycles. The molecule has 0 aliphatic heterocycles. The Labute approximate surface area is 378 Å². The Morgan fingerprint density at radius 2 is 0.797 bits per heavy atom. The van der Waals surface area contributed by atoms with Crippen LogP contribution in [0.15, 0.2) is 121 Å². The molecule has 3 aliphatic carbocycles. The maximum absolute atomic E-state index is 11.6. The molecule has 4 nitrogen and oxygen atoms in total. The Kier molecular flexibility index (Phi) is 19.5. The summed E-state index contributed by atoms with van der Waals surface area (Å²) in [5.41, 5.74) is 5.00. The van der Waals surface area contributed by atoms with Crippen LogP contribution in [-0.4, -0.2) is 47.8 Å². The van der Waals surface area contributed by atoms with Gasteiger partial charge in [-0.05, 0) is 72.3 Å². The number of hydrogen-bond donors (Lipinski definition) is 2. The topological polar surface area (TPSA) is 58.9 Å². The quantitative estimate of drug-likeness (QED) is 0.173. The van der Waals surface area contributed by atoms with Crippen molar-refractivity contribution >= 4 is 0 Å². The van der Waals surface area contributed by atoms with Crippen LogP contribution in [0.25, 0.3) is 0 Å². The van der Waals surface area contributed by atoms with Gasteiger partial charge in [-0.15, -0.1) is 24.3 Å². The van der Waals surface area contributed by atoms with Gasteiger partial charge in [0, 0.05) is 23.7 Å². The van der Waals surface area contributed by atoms with E-state index in [1.165, 1.54) is 11.1 Å². The molecule has 2 N–H and O–H groups in total. The van der Waals surface area contributed by atoms with Gasteiger partial charge in [0.25, 0.3) is 0 Å². The van der Waals surface area contributed by atoms with Crippen molar-refractivity contribution in [3.05, 3.63) is 157 Å². The van der Waals surface area contributed by atoms with Crippen LogP contribution in [0, 0.1) is 48.3 Å². The molecule has 3 fully saturated rings. The molecule has 5 heteroatoms. The first-order valence-corrected chi connectivity index (χ1v) is 22.1. The van der Waals surface area contributed by atoms with Crippen LogP contribution in [0.3, 0.4) is 0 Å². The van der Waals surface area contributed by atoms with Crippen molar-refractivity contribution in [2.24, 2.45) is 34.5 Å². The number of aliphatic hydroxyl groups is 2. The number of aliphatic hydroxyl groups excluding tert-OH is 2. The van der Waals surface area contributed by atoms with Crippen LogP contribution >= 0.6 is 0 Å². The summed E-state index contributed by atoms with van der Waals surface area (Å²) >= 11 is 0. The van der Waals surface area contributed by atoms with Crippen LogP contribution in [0.1, 0.15) is 127 Å². The Hall–Kier alpha value is -2.66. The van der Waals surface area contributed by atoms with Crippen molar-refractivity contribution in [3.63, 3.8) is 0 Å². The van der Waals surface area contributed by atoms with Gasteiger partial charge in [0.05, 0.1) is 37.6 Å². The molecule has 0 bridgehead atoms. The molecule has 318 valence electrons. The van der Waals surface area contributed by atoms with E-state index in [0.717, 1.165) is 62.5 Å². The predicted octanol–water partition coefficient (Wildman–Crippen LogP) is 12.5. The maximum Gasteiger partial charge on any atom is 2.00 e. The van der Waals surface area contributed by atoms with Crippen LogP contribution in [0.5, 0.6) is 0 Å². The van der Waals surface area contributed by atoms with Gasteiger partial charge in [0.1, 0.15) is 0 Å². The molecule has 4 aromatic carbocycles. The van der Waals surface area contributed by atoms with E-state index in [1.54, 1.807) is 0 Å². The summed E-state index contributed by atoms with van der Waals surface area (Å²) in [6.07, 6.45) is 7.63. The Morgan fingerprint density at radius 1 is 0.492 bits per heavy atom. The van der Waals surface area contributed by atoms with E-state index in [0.29, 0.717) is 25.0 Å². The first-order chi connectivity index (χ1) is 27.7. The van der Waals surface area contributed by atoms with E-state index < -0.39 is 12.2 Å². The van der Waals surface area contributed by atoms with Crippen molar-refractivity contribution in [2.75, 3.05) is 13.2 Å². The molecule has 0 aromatic heterocycles. The molecule has 10 unspecified atom stereocenters. The Bertz CT molecular complexity index is 1570. The van der Waals surface area contributed by atoms with Gasteiger partial charge in [-0.2, -0.15) is 49.2 Å². The standard InChI is InChI=1S/C40H60O4.2C7H7.Zr/c1-39(2,3)31-21-29(37(41)33(23-31)27-15-9-7-10-16-27)25-43-35-19-13-14-20-36(35)44-26-30-22-32(40(4,5)6)24-34(38(30)42)28-17-11-8-12-18-28;2*1-7-5-3-2-4-6-7;/h7-12,15-18,29-38,41-42H,13-14,19-26H2,1-6H3;2*2-6H,1H2;/q;2*-1;+2. The normalized spacial score (nSPS) is 28.4. The summed E-state index contributed by atoms with van der Waals surface area (Å²) in [6, 6.07) is 40.9. The molecule has 3 aliphatic rings. The first kappa shape index (κ1) is 49.0. The number of benzene rings is 4. The molecule has 0 spiro atoms. The average molecular weight is 878 g/mol. The Balaban J connectivity index is 0.000000430. The third-order valence-corrected chi connectivity index (χ3v) is 13.3. The van der Waals surface area contributed by atoms with Gasteiger partial charge in [-0.25, -0.2) is 0 Å². The molecule has 4 aromatic rings. The Morgan fingerprint density at radius 3 is 1.07 bits per heavy atom. The zero-order chi connectivity index (χ0) is 41.7. The summed E-state index contributed by atoms with van der Waals surface area (Å²) in [5, 5.41) is 23.3. The van der Waals surface area contributed by atoms with Gasteiger partial charge < -0.3 is 19.7 Å². The average Bonchev–Trinajstić information content (AvgIpc) is 3.21. The summed E-state index contributed by atoms with van der Waals surface area (Å²) < 4.78 is 13.5. The van der Waals surface area contributed by atoms with Crippen molar-refractivity contribution in [2.45, 2.75) is 129 Å².